The van der Waals surface area contributed by atoms with Crippen molar-refractivity contribution in [3.63, 3.8) is 0 Å². The number of fused-ring (bicyclic) bond motifs is 1. The molecule has 0 N–H and O–H groups in total. The highest BCUT2D eigenvalue weighted by Gasteiger charge is 2.35. The molecule has 1 aromatic carbocycles. The third-order valence-electron chi connectivity index (χ3n) is 6.39. The molecule has 0 saturated heterocycles. The van der Waals surface area contributed by atoms with Crippen molar-refractivity contribution in [1.29, 1.82) is 0 Å². The first-order chi connectivity index (χ1) is 10.9. The molecule has 0 unspecified atom stereocenters. The zero-order valence-electron chi connectivity index (χ0n) is 13.8. The first-order valence-electron chi connectivity index (χ1n) is 9.58. The molecule has 3 aliphatic rings. The molecule has 22 heavy (non-hydrogen) atoms. The maximum Gasteiger partial charge on any atom is 0.0134 e. The second kappa shape index (κ2) is 6.60. The van der Waals surface area contributed by atoms with Crippen molar-refractivity contribution in [3.05, 3.63) is 47.9 Å². The molecular weight excluding hydrogens is 264 g/mol. The summed E-state index contributed by atoms with van der Waals surface area (Å²) in [4.78, 5) is 0. The molecule has 0 aromatic heterocycles. The predicted octanol–water partition coefficient (Wildman–Crippen LogP) is 6.41. The molecule has 0 spiro atoms. The van der Waals surface area contributed by atoms with Gasteiger partial charge in [0.2, 0.25) is 0 Å². The second-order valence-electron chi connectivity index (χ2n) is 7.70. The Kier molecular flexibility index (Phi) is 4.37. The number of allylic oxidation sites excluding steroid dienone is 2. The first kappa shape index (κ1) is 14.5. The van der Waals surface area contributed by atoms with E-state index in [2.05, 4.69) is 36.8 Å². The van der Waals surface area contributed by atoms with Crippen LogP contribution < -0.4 is 0 Å². The fourth-order valence-corrected chi connectivity index (χ4v) is 5.34. The molecule has 0 heteroatoms. The van der Waals surface area contributed by atoms with E-state index in [1.54, 1.807) is 11.1 Å². The van der Waals surface area contributed by atoms with Crippen LogP contribution in [0.2, 0.25) is 0 Å². The quantitative estimate of drug-likeness (QED) is 0.603. The Labute approximate surface area is 136 Å². The summed E-state index contributed by atoms with van der Waals surface area (Å²) in [5.41, 5.74) is 4.69. The van der Waals surface area contributed by atoms with Crippen molar-refractivity contribution in [3.8, 4) is 0 Å². The number of benzene rings is 1. The molecule has 0 nitrogen and oxygen atoms in total. The lowest BCUT2D eigenvalue weighted by Crippen LogP contribution is -2.28. The molecule has 0 bridgehead atoms. The van der Waals surface area contributed by atoms with Gasteiger partial charge in [-0.15, -0.1) is 0 Å². The highest BCUT2D eigenvalue weighted by molar-refractivity contribution is 5.78. The van der Waals surface area contributed by atoms with E-state index in [9.17, 15) is 0 Å². The Morgan fingerprint density at radius 1 is 0.727 bits per heavy atom. The van der Waals surface area contributed by atoms with Crippen LogP contribution >= 0.6 is 0 Å². The molecule has 2 saturated carbocycles. The fourth-order valence-electron chi connectivity index (χ4n) is 5.34. The maximum atomic E-state index is 2.47. The van der Waals surface area contributed by atoms with Crippen LogP contribution in [0.15, 0.2) is 30.3 Å². The highest BCUT2D eigenvalue weighted by atomic mass is 14.4. The summed E-state index contributed by atoms with van der Waals surface area (Å²) < 4.78 is 0. The standard InChI is InChI=1S/C22H29/c1-3-10-18(11-4-1)22(19-12-5-2-6-13-19)21-16-15-17-9-7-8-14-20(17)21/h7-9,14-16,18-19,22H,1-6,10-13H2. The average molecular weight is 293 g/mol. The van der Waals surface area contributed by atoms with Crippen LogP contribution in [0.1, 0.15) is 75.3 Å². The zero-order chi connectivity index (χ0) is 14.8. The van der Waals surface area contributed by atoms with E-state index in [1.165, 1.54) is 69.8 Å². The van der Waals surface area contributed by atoms with Crippen molar-refractivity contribution >= 4 is 5.57 Å². The van der Waals surface area contributed by atoms with Crippen LogP contribution in [-0.2, 0) is 0 Å². The summed E-state index contributed by atoms with van der Waals surface area (Å²) in [6.45, 7) is 0. The van der Waals surface area contributed by atoms with E-state index >= 15 is 0 Å². The van der Waals surface area contributed by atoms with Crippen molar-refractivity contribution in [2.45, 2.75) is 64.2 Å². The lowest BCUT2D eigenvalue weighted by molar-refractivity contribution is 0.189. The molecule has 1 aromatic rings. The van der Waals surface area contributed by atoms with Crippen LogP contribution in [-0.4, -0.2) is 0 Å². The van der Waals surface area contributed by atoms with Gasteiger partial charge in [-0.1, -0.05) is 68.9 Å². The highest BCUT2D eigenvalue weighted by Crippen LogP contribution is 2.48. The van der Waals surface area contributed by atoms with Gasteiger partial charge in [-0.3, -0.25) is 0 Å². The van der Waals surface area contributed by atoms with E-state index in [0.29, 0.717) is 0 Å². The SMILES string of the molecule is [CH]1C=C(C(C2CCCCC2)C2CCCCC2)c2ccccc21. The Morgan fingerprint density at radius 3 is 1.95 bits per heavy atom. The molecular formula is C22H29. The number of hydrogen-bond acceptors (Lipinski definition) is 0. The van der Waals surface area contributed by atoms with E-state index in [-0.39, 0.29) is 0 Å². The molecule has 0 heterocycles. The third kappa shape index (κ3) is 2.77. The average Bonchev–Trinajstić information content (AvgIpc) is 3.01. The largest absolute Gasteiger partial charge is 0.0719 e. The maximum absolute atomic E-state index is 2.47. The number of hydrogen-bond donors (Lipinski definition) is 0. The minimum absolute atomic E-state index is 0.834. The van der Waals surface area contributed by atoms with Gasteiger partial charge in [0.25, 0.3) is 0 Å². The Hall–Kier alpha value is -1.04. The van der Waals surface area contributed by atoms with Crippen LogP contribution in [0.5, 0.6) is 0 Å². The second-order valence-corrected chi connectivity index (χ2v) is 7.70. The summed E-state index contributed by atoms with van der Waals surface area (Å²) in [6.07, 6.45) is 19.5. The molecule has 0 amide bonds. The van der Waals surface area contributed by atoms with Crippen molar-refractivity contribution < 1.29 is 0 Å². The molecule has 1 radical (unpaired) electrons. The summed E-state index contributed by atoms with van der Waals surface area (Å²) >= 11 is 0. The van der Waals surface area contributed by atoms with Gasteiger partial charge in [0.05, 0.1) is 0 Å². The number of rotatable bonds is 3. The van der Waals surface area contributed by atoms with Crippen LogP contribution in [0.3, 0.4) is 0 Å². The summed E-state index contributed by atoms with van der Waals surface area (Å²) in [5.74, 6) is 2.73. The van der Waals surface area contributed by atoms with Crippen molar-refractivity contribution in [2.75, 3.05) is 0 Å². The Bertz CT molecular complexity index is 509. The van der Waals surface area contributed by atoms with E-state index in [0.717, 1.165) is 17.8 Å². The zero-order valence-corrected chi connectivity index (χ0v) is 13.8. The fraction of sp³-hybridized carbons (Fsp3) is 0.591. The predicted molar refractivity (Wildman–Crippen MR) is 94.5 cm³/mol. The normalized spacial score (nSPS) is 23.6. The Morgan fingerprint density at radius 2 is 1.32 bits per heavy atom. The first-order valence-corrected chi connectivity index (χ1v) is 9.58. The lowest BCUT2D eigenvalue weighted by Gasteiger charge is -2.39. The van der Waals surface area contributed by atoms with Gasteiger partial charge in [0, 0.05) is 6.42 Å². The van der Waals surface area contributed by atoms with Gasteiger partial charge < -0.3 is 0 Å². The molecule has 3 aliphatic carbocycles. The van der Waals surface area contributed by atoms with Gasteiger partial charge in [0.15, 0.2) is 0 Å². The van der Waals surface area contributed by atoms with Crippen LogP contribution in [0, 0.1) is 24.2 Å². The molecule has 4 rings (SSSR count). The smallest absolute Gasteiger partial charge is 0.0134 e. The monoisotopic (exact) mass is 293 g/mol. The summed E-state index contributed by atoms with van der Waals surface area (Å²) in [7, 11) is 0. The molecule has 2 fully saturated rings. The van der Waals surface area contributed by atoms with E-state index in [1.807, 2.05) is 0 Å². The Balaban J connectivity index is 1.65. The molecule has 0 aliphatic heterocycles. The van der Waals surface area contributed by atoms with Gasteiger partial charge in [-0.2, -0.15) is 0 Å². The third-order valence-corrected chi connectivity index (χ3v) is 6.39. The topological polar surface area (TPSA) is 0 Å². The summed E-state index contributed by atoms with van der Waals surface area (Å²) in [6, 6.07) is 9.06. The van der Waals surface area contributed by atoms with E-state index in [4.69, 9.17) is 0 Å². The van der Waals surface area contributed by atoms with Gasteiger partial charge in [0.1, 0.15) is 0 Å². The van der Waals surface area contributed by atoms with Crippen molar-refractivity contribution in [2.24, 2.45) is 17.8 Å². The van der Waals surface area contributed by atoms with Crippen LogP contribution in [0.25, 0.3) is 5.57 Å². The van der Waals surface area contributed by atoms with Gasteiger partial charge in [-0.25, -0.2) is 0 Å². The molecule has 117 valence electrons. The van der Waals surface area contributed by atoms with E-state index < -0.39 is 0 Å². The minimum atomic E-state index is 0.834. The molecule has 0 atom stereocenters. The summed E-state index contributed by atoms with van der Waals surface area (Å²) in [5, 5.41) is 0. The van der Waals surface area contributed by atoms with Crippen molar-refractivity contribution in [1.82, 2.24) is 0 Å². The van der Waals surface area contributed by atoms with Gasteiger partial charge >= 0.3 is 0 Å². The minimum Gasteiger partial charge on any atom is -0.0719 e. The van der Waals surface area contributed by atoms with Crippen LogP contribution in [0.4, 0.5) is 0 Å². The van der Waals surface area contributed by atoms with Gasteiger partial charge in [-0.05, 0) is 60.1 Å². The lowest BCUT2D eigenvalue weighted by atomic mass is 9.66.